The van der Waals surface area contributed by atoms with Crippen molar-refractivity contribution in [2.45, 2.75) is 38.3 Å². The van der Waals surface area contributed by atoms with E-state index >= 15 is 0 Å². The van der Waals surface area contributed by atoms with E-state index in [-0.39, 0.29) is 6.61 Å². The van der Waals surface area contributed by atoms with Crippen LogP contribution in [0.2, 0.25) is 0 Å². The topological polar surface area (TPSA) is 72.7 Å². The molecule has 4 nitrogen and oxygen atoms in total. The molecule has 0 aromatic carbocycles. The molecule has 0 radical (unpaired) electrons. The number of unbranched alkanes of at least 4 members (excludes halogenated alkanes) is 3. The van der Waals surface area contributed by atoms with Gasteiger partial charge in [0.05, 0.1) is 0 Å². The van der Waals surface area contributed by atoms with Crippen LogP contribution in [0.4, 0.5) is 0 Å². The van der Waals surface area contributed by atoms with Gasteiger partial charge in [0.15, 0.2) is 0 Å². The van der Waals surface area contributed by atoms with Crippen molar-refractivity contribution in [2.24, 2.45) is 0 Å². The summed E-state index contributed by atoms with van der Waals surface area (Å²) in [4.78, 5) is 0. The van der Waals surface area contributed by atoms with Gasteiger partial charge in [0.25, 0.3) is 0 Å². The lowest BCUT2D eigenvalue weighted by atomic mass is 10.1. The molecule has 1 atom stereocenters. The molecule has 4 N–H and O–H groups in total. The van der Waals surface area contributed by atoms with E-state index in [4.69, 9.17) is 15.4 Å². The molecule has 11 heavy (non-hydrogen) atoms. The van der Waals surface area contributed by atoms with Crippen molar-refractivity contribution in [2.75, 3.05) is 6.61 Å². The SMILES string of the molecule is OCCCCCC[C@@H](O)NO. The summed E-state index contributed by atoms with van der Waals surface area (Å²) in [5, 5.41) is 25.4. The summed E-state index contributed by atoms with van der Waals surface area (Å²) in [6.45, 7) is 0.237. The van der Waals surface area contributed by atoms with Crippen molar-refractivity contribution in [1.29, 1.82) is 0 Å². The molecule has 4 heteroatoms. The van der Waals surface area contributed by atoms with Gasteiger partial charge in [-0.1, -0.05) is 12.8 Å². The fourth-order valence-corrected chi connectivity index (χ4v) is 0.868. The lowest BCUT2D eigenvalue weighted by Crippen LogP contribution is -2.24. The Balaban J connectivity index is 2.89. The van der Waals surface area contributed by atoms with Gasteiger partial charge in [0.1, 0.15) is 6.23 Å². The van der Waals surface area contributed by atoms with E-state index in [0.717, 1.165) is 25.7 Å². The normalized spacial score (nSPS) is 13.4. The summed E-state index contributed by atoms with van der Waals surface area (Å²) in [5.41, 5.74) is 1.76. The predicted molar refractivity (Wildman–Crippen MR) is 41.1 cm³/mol. The second-order valence-electron chi connectivity index (χ2n) is 2.57. The zero-order valence-corrected chi connectivity index (χ0v) is 6.66. The third-order valence-corrected chi connectivity index (χ3v) is 1.53. The fraction of sp³-hybridized carbons (Fsp3) is 1.00. The van der Waals surface area contributed by atoms with Crippen LogP contribution in [0.25, 0.3) is 0 Å². The molecule has 0 saturated heterocycles. The van der Waals surface area contributed by atoms with Crippen LogP contribution < -0.4 is 5.48 Å². The van der Waals surface area contributed by atoms with Gasteiger partial charge >= 0.3 is 0 Å². The number of rotatable bonds is 7. The molecule has 0 aliphatic heterocycles. The largest absolute Gasteiger partial charge is 0.396 e. The zero-order valence-electron chi connectivity index (χ0n) is 6.66. The van der Waals surface area contributed by atoms with Crippen molar-refractivity contribution in [3.8, 4) is 0 Å². The van der Waals surface area contributed by atoms with Crippen LogP contribution in [0.1, 0.15) is 32.1 Å². The fourth-order valence-electron chi connectivity index (χ4n) is 0.868. The Morgan fingerprint density at radius 1 is 1.09 bits per heavy atom. The van der Waals surface area contributed by atoms with E-state index in [2.05, 4.69) is 0 Å². The molecule has 0 fully saturated rings. The molecule has 0 aromatic heterocycles. The Morgan fingerprint density at radius 3 is 2.27 bits per heavy atom. The molecule has 0 aliphatic carbocycles. The summed E-state index contributed by atoms with van der Waals surface area (Å²) < 4.78 is 0. The molecule has 0 heterocycles. The Bertz CT molecular complexity index is 80.1. The third-order valence-electron chi connectivity index (χ3n) is 1.53. The van der Waals surface area contributed by atoms with E-state index in [9.17, 15) is 0 Å². The van der Waals surface area contributed by atoms with Gasteiger partial charge in [-0.25, -0.2) is 0 Å². The van der Waals surface area contributed by atoms with Gasteiger partial charge in [-0.05, 0) is 19.3 Å². The van der Waals surface area contributed by atoms with Gasteiger partial charge in [-0.2, -0.15) is 5.48 Å². The van der Waals surface area contributed by atoms with E-state index in [1.54, 1.807) is 5.48 Å². The summed E-state index contributed by atoms with van der Waals surface area (Å²) in [6, 6.07) is 0. The first-order chi connectivity index (χ1) is 5.31. The average Bonchev–Trinajstić information content (AvgIpc) is 2.04. The molecule has 0 amide bonds. The second kappa shape index (κ2) is 7.94. The summed E-state index contributed by atoms with van der Waals surface area (Å²) >= 11 is 0. The molecule has 0 saturated carbocycles. The smallest absolute Gasteiger partial charge is 0.126 e. The van der Waals surface area contributed by atoms with Gasteiger partial charge < -0.3 is 15.4 Å². The molecule has 0 spiro atoms. The minimum atomic E-state index is -0.802. The highest BCUT2D eigenvalue weighted by atomic mass is 16.5. The van der Waals surface area contributed by atoms with Crippen LogP contribution in [-0.2, 0) is 0 Å². The Morgan fingerprint density at radius 2 is 1.73 bits per heavy atom. The number of aliphatic hydroxyl groups is 2. The minimum absolute atomic E-state index is 0.237. The second-order valence-corrected chi connectivity index (χ2v) is 2.57. The van der Waals surface area contributed by atoms with Crippen LogP contribution in [0.3, 0.4) is 0 Å². The van der Waals surface area contributed by atoms with Gasteiger partial charge in [-0.15, -0.1) is 0 Å². The quantitative estimate of drug-likeness (QED) is 0.246. The molecule has 0 aromatic rings. The molecular formula is C7H17NO3. The first-order valence-corrected chi connectivity index (χ1v) is 3.99. The van der Waals surface area contributed by atoms with Crippen LogP contribution in [-0.4, -0.2) is 28.3 Å². The average molecular weight is 163 g/mol. The van der Waals surface area contributed by atoms with E-state index in [1.165, 1.54) is 0 Å². The number of hydrogen-bond acceptors (Lipinski definition) is 4. The van der Waals surface area contributed by atoms with Crippen LogP contribution in [0.15, 0.2) is 0 Å². The summed E-state index contributed by atoms with van der Waals surface area (Å²) in [6.07, 6.45) is 3.41. The summed E-state index contributed by atoms with van der Waals surface area (Å²) in [5.74, 6) is 0. The van der Waals surface area contributed by atoms with Gasteiger partial charge in [-0.3, -0.25) is 0 Å². The maximum absolute atomic E-state index is 8.80. The van der Waals surface area contributed by atoms with Crippen molar-refractivity contribution in [3.63, 3.8) is 0 Å². The lowest BCUT2D eigenvalue weighted by Gasteiger charge is -2.06. The molecule has 0 unspecified atom stereocenters. The number of nitrogens with one attached hydrogen (secondary N) is 1. The summed E-state index contributed by atoms with van der Waals surface area (Å²) in [7, 11) is 0. The molecular weight excluding hydrogens is 146 g/mol. The minimum Gasteiger partial charge on any atom is -0.396 e. The van der Waals surface area contributed by atoms with Crippen molar-refractivity contribution in [1.82, 2.24) is 5.48 Å². The predicted octanol–water partition coefficient (Wildman–Crippen LogP) is 0.226. The highest BCUT2D eigenvalue weighted by Gasteiger charge is 1.98. The Kier molecular flexibility index (Phi) is 7.83. The Labute approximate surface area is 66.8 Å². The van der Waals surface area contributed by atoms with Crippen molar-refractivity contribution in [3.05, 3.63) is 0 Å². The van der Waals surface area contributed by atoms with Crippen LogP contribution >= 0.6 is 0 Å². The molecule has 68 valence electrons. The van der Waals surface area contributed by atoms with E-state index < -0.39 is 6.23 Å². The molecule has 0 aliphatic rings. The monoisotopic (exact) mass is 163 g/mol. The molecule has 0 rings (SSSR count). The van der Waals surface area contributed by atoms with Gasteiger partial charge in [0, 0.05) is 6.61 Å². The molecule has 0 bridgehead atoms. The van der Waals surface area contributed by atoms with Crippen LogP contribution in [0.5, 0.6) is 0 Å². The standard InChI is InChI=1S/C7H17NO3/c9-6-4-2-1-3-5-7(10)8-11/h7-11H,1-6H2/t7-/m1/s1. The lowest BCUT2D eigenvalue weighted by molar-refractivity contribution is -0.00396. The number of hydroxylamine groups is 1. The third kappa shape index (κ3) is 7.74. The Hall–Kier alpha value is -0.160. The maximum Gasteiger partial charge on any atom is 0.126 e. The first-order valence-electron chi connectivity index (χ1n) is 3.99. The van der Waals surface area contributed by atoms with E-state index in [1.807, 2.05) is 0 Å². The number of aliphatic hydroxyl groups excluding tert-OH is 2. The highest BCUT2D eigenvalue weighted by Crippen LogP contribution is 2.03. The maximum atomic E-state index is 8.80. The van der Waals surface area contributed by atoms with Crippen LogP contribution in [0, 0.1) is 0 Å². The van der Waals surface area contributed by atoms with E-state index in [0.29, 0.717) is 6.42 Å². The zero-order chi connectivity index (χ0) is 8.53. The first kappa shape index (κ1) is 10.8. The number of hydrogen-bond donors (Lipinski definition) is 4. The van der Waals surface area contributed by atoms with Crippen molar-refractivity contribution >= 4 is 0 Å². The highest BCUT2D eigenvalue weighted by molar-refractivity contribution is 4.47. The van der Waals surface area contributed by atoms with Gasteiger partial charge in [0.2, 0.25) is 0 Å². The van der Waals surface area contributed by atoms with Crippen molar-refractivity contribution < 1.29 is 15.4 Å².